The summed E-state index contributed by atoms with van der Waals surface area (Å²) in [6, 6.07) is 0. The van der Waals surface area contributed by atoms with Crippen LogP contribution in [0, 0.1) is 11.8 Å². The minimum atomic E-state index is -0.641. The summed E-state index contributed by atoms with van der Waals surface area (Å²) in [7, 11) is 0. The van der Waals surface area contributed by atoms with Crippen molar-refractivity contribution in [1.82, 2.24) is 0 Å². The lowest BCUT2D eigenvalue weighted by Crippen LogP contribution is -2.41. The topological polar surface area (TPSA) is 64.7 Å². The van der Waals surface area contributed by atoms with Crippen molar-refractivity contribution in [3.8, 4) is 0 Å². The van der Waals surface area contributed by atoms with Crippen LogP contribution in [0.4, 0.5) is 0 Å². The molecule has 1 aliphatic carbocycles. The van der Waals surface area contributed by atoms with Crippen LogP contribution < -0.4 is 5.73 Å². The first-order valence-electron chi connectivity index (χ1n) is 7.16. The van der Waals surface area contributed by atoms with E-state index >= 15 is 0 Å². The summed E-state index contributed by atoms with van der Waals surface area (Å²) in [6.45, 7) is 7.42. The van der Waals surface area contributed by atoms with E-state index < -0.39 is 5.60 Å². The van der Waals surface area contributed by atoms with E-state index in [1.54, 1.807) is 0 Å². The normalized spacial score (nSPS) is 28.2. The summed E-state index contributed by atoms with van der Waals surface area (Å²) < 4.78 is 11.0. The number of hydrogen-bond donors (Lipinski definition) is 2. The van der Waals surface area contributed by atoms with Gasteiger partial charge in [0.05, 0.1) is 18.8 Å². The van der Waals surface area contributed by atoms with Gasteiger partial charge in [-0.1, -0.05) is 20.3 Å². The molecule has 0 aromatic heterocycles. The Morgan fingerprint density at radius 2 is 2.00 bits per heavy atom. The van der Waals surface area contributed by atoms with E-state index in [0.717, 1.165) is 32.3 Å². The molecule has 0 aliphatic heterocycles. The SMILES string of the molecule is CC(C)COCCOCCC1CCCC1(O)CN. The second-order valence-electron chi connectivity index (χ2n) is 5.77. The zero-order valence-corrected chi connectivity index (χ0v) is 11.9. The van der Waals surface area contributed by atoms with Crippen molar-refractivity contribution in [2.24, 2.45) is 17.6 Å². The van der Waals surface area contributed by atoms with Crippen molar-refractivity contribution in [3.63, 3.8) is 0 Å². The lowest BCUT2D eigenvalue weighted by molar-refractivity contribution is -0.0117. The zero-order chi connectivity index (χ0) is 13.4. The molecule has 0 spiro atoms. The second kappa shape index (κ2) is 8.10. The first-order chi connectivity index (χ1) is 8.58. The largest absolute Gasteiger partial charge is 0.388 e. The van der Waals surface area contributed by atoms with Crippen LogP contribution in [0.1, 0.15) is 39.5 Å². The molecule has 0 amide bonds. The fraction of sp³-hybridized carbons (Fsp3) is 1.00. The van der Waals surface area contributed by atoms with Crippen LogP contribution in [-0.4, -0.2) is 43.7 Å². The van der Waals surface area contributed by atoms with Crippen LogP contribution in [0.5, 0.6) is 0 Å². The molecule has 108 valence electrons. The Kier molecular flexibility index (Phi) is 7.15. The summed E-state index contributed by atoms with van der Waals surface area (Å²) >= 11 is 0. The average molecular weight is 259 g/mol. The second-order valence-corrected chi connectivity index (χ2v) is 5.77. The van der Waals surface area contributed by atoms with E-state index in [2.05, 4.69) is 13.8 Å². The lowest BCUT2D eigenvalue weighted by Gasteiger charge is -2.28. The third-order valence-corrected chi connectivity index (χ3v) is 3.71. The Morgan fingerprint density at radius 3 is 2.67 bits per heavy atom. The van der Waals surface area contributed by atoms with Gasteiger partial charge in [0, 0.05) is 19.8 Å². The number of aliphatic hydroxyl groups is 1. The van der Waals surface area contributed by atoms with Crippen LogP contribution in [0.15, 0.2) is 0 Å². The Hall–Kier alpha value is -0.160. The van der Waals surface area contributed by atoms with Crippen molar-refractivity contribution in [2.45, 2.75) is 45.1 Å². The monoisotopic (exact) mass is 259 g/mol. The molecule has 0 bridgehead atoms. The first-order valence-corrected chi connectivity index (χ1v) is 7.16. The predicted octanol–water partition coefficient (Wildman–Crippen LogP) is 1.56. The zero-order valence-electron chi connectivity index (χ0n) is 11.9. The van der Waals surface area contributed by atoms with Gasteiger partial charge in [-0.2, -0.15) is 0 Å². The van der Waals surface area contributed by atoms with Crippen molar-refractivity contribution < 1.29 is 14.6 Å². The fourth-order valence-electron chi connectivity index (χ4n) is 2.57. The van der Waals surface area contributed by atoms with E-state index in [-0.39, 0.29) is 0 Å². The smallest absolute Gasteiger partial charge is 0.0798 e. The number of rotatable bonds is 9. The molecule has 3 N–H and O–H groups in total. The van der Waals surface area contributed by atoms with Crippen LogP contribution in [0.25, 0.3) is 0 Å². The Balaban J connectivity index is 2.01. The maximum Gasteiger partial charge on any atom is 0.0798 e. The molecule has 0 saturated heterocycles. The highest BCUT2D eigenvalue weighted by atomic mass is 16.5. The molecule has 2 unspecified atom stereocenters. The van der Waals surface area contributed by atoms with Gasteiger partial charge in [-0.25, -0.2) is 0 Å². The highest BCUT2D eigenvalue weighted by Gasteiger charge is 2.39. The van der Waals surface area contributed by atoms with Crippen LogP contribution in [0.2, 0.25) is 0 Å². The van der Waals surface area contributed by atoms with Gasteiger partial charge < -0.3 is 20.3 Å². The Bertz CT molecular complexity index is 223. The Labute approximate surface area is 111 Å². The molecule has 1 rings (SSSR count). The summed E-state index contributed by atoms with van der Waals surface area (Å²) in [6.07, 6.45) is 3.89. The van der Waals surface area contributed by atoms with Crippen LogP contribution in [0.3, 0.4) is 0 Å². The van der Waals surface area contributed by atoms with Crippen molar-refractivity contribution in [1.29, 1.82) is 0 Å². The molecular formula is C14H29NO3. The van der Waals surface area contributed by atoms with Crippen LogP contribution >= 0.6 is 0 Å². The quantitative estimate of drug-likeness (QED) is 0.617. The summed E-state index contributed by atoms with van der Waals surface area (Å²) in [5.74, 6) is 0.877. The molecule has 1 saturated carbocycles. The molecule has 1 fully saturated rings. The van der Waals surface area contributed by atoms with Gasteiger partial charge in [0.2, 0.25) is 0 Å². The van der Waals surface area contributed by atoms with E-state index in [9.17, 15) is 5.11 Å². The van der Waals surface area contributed by atoms with E-state index in [4.69, 9.17) is 15.2 Å². The molecule has 4 nitrogen and oxygen atoms in total. The van der Waals surface area contributed by atoms with Gasteiger partial charge in [0.25, 0.3) is 0 Å². The fourth-order valence-corrected chi connectivity index (χ4v) is 2.57. The third-order valence-electron chi connectivity index (χ3n) is 3.71. The molecule has 0 aromatic rings. The highest BCUT2D eigenvalue weighted by molar-refractivity contribution is 4.92. The standard InChI is InChI=1S/C14H29NO3/c1-12(2)10-18-9-8-17-7-5-13-4-3-6-14(13,16)11-15/h12-13,16H,3-11,15H2,1-2H3. The molecule has 18 heavy (non-hydrogen) atoms. The maximum absolute atomic E-state index is 10.3. The Morgan fingerprint density at radius 1 is 1.28 bits per heavy atom. The molecule has 0 aromatic carbocycles. The molecule has 1 aliphatic rings. The number of nitrogens with two attached hydrogens (primary N) is 1. The summed E-state index contributed by atoms with van der Waals surface area (Å²) in [5.41, 5.74) is 5.00. The lowest BCUT2D eigenvalue weighted by atomic mass is 9.88. The van der Waals surface area contributed by atoms with E-state index in [0.29, 0.717) is 38.2 Å². The minimum absolute atomic E-state index is 0.305. The molecule has 0 heterocycles. The molecule has 4 heteroatoms. The van der Waals surface area contributed by atoms with Crippen molar-refractivity contribution in [2.75, 3.05) is 33.0 Å². The van der Waals surface area contributed by atoms with Crippen molar-refractivity contribution >= 4 is 0 Å². The summed E-state index contributed by atoms with van der Waals surface area (Å²) in [5, 5.41) is 10.3. The molecule has 2 atom stereocenters. The van der Waals surface area contributed by atoms with Gasteiger partial charge in [-0.3, -0.25) is 0 Å². The maximum atomic E-state index is 10.3. The van der Waals surface area contributed by atoms with Gasteiger partial charge in [0.15, 0.2) is 0 Å². The summed E-state index contributed by atoms with van der Waals surface area (Å²) in [4.78, 5) is 0. The molecular weight excluding hydrogens is 230 g/mol. The van der Waals surface area contributed by atoms with E-state index in [1.807, 2.05) is 0 Å². The first kappa shape index (κ1) is 15.9. The molecule has 0 radical (unpaired) electrons. The van der Waals surface area contributed by atoms with Gasteiger partial charge in [0.1, 0.15) is 0 Å². The number of hydrogen-bond acceptors (Lipinski definition) is 4. The average Bonchev–Trinajstić information content (AvgIpc) is 2.70. The van der Waals surface area contributed by atoms with Crippen LogP contribution in [-0.2, 0) is 9.47 Å². The van der Waals surface area contributed by atoms with Gasteiger partial charge in [-0.15, -0.1) is 0 Å². The van der Waals surface area contributed by atoms with Gasteiger partial charge >= 0.3 is 0 Å². The third kappa shape index (κ3) is 5.22. The van der Waals surface area contributed by atoms with E-state index in [1.165, 1.54) is 0 Å². The van der Waals surface area contributed by atoms with Crippen molar-refractivity contribution in [3.05, 3.63) is 0 Å². The van der Waals surface area contributed by atoms with Gasteiger partial charge in [-0.05, 0) is 31.1 Å². The predicted molar refractivity (Wildman–Crippen MR) is 72.4 cm³/mol. The number of ether oxygens (including phenoxy) is 2. The minimum Gasteiger partial charge on any atom is -0.388 e. The highest BCUT2D eigenvalue weighted by Crippen LogP contribution is 2.36.